The normalized spacial score (nSPS) is 11.6. The molecule has 0 aliphatic carbocycles. The Morgan fingerprint density at radius 3 is 2.57 bits per heavy atom. The van der Waals surface area contributed by atoms with Gasteiger partial charge in [0, 0.05) is 12.4 Å². The van der Waals surface area contributed by atoms with Gasteiger partial charge in [-0.05, 0) is 11.6 Å². The van der Waals surface area contributed by atoms with Crippen LogP contribution in [0.2, 0.25) is 0 Å². The van der Waals surface area contributed by atoms with Gasteiger partial charge < -0.3 is 0 Å². The average Bonchev–Trinajstić information content (AvgIpc) is 2.18. The van der Waals surface area contributed by atoms with Crippen molar-refractivity contribution in [1.29, 1.82) is 0 Å². The smallest absolute Gasteiger partial charge is 0.211 e. The first-order valence-corrected chi connectivity index (χ1v) is 6.27. The summed E-state index contributed by atoms with van der Waals surface area (Å²) < 4.78 is 25.7. The Labute approximate surface area is 89.1 Å². The first kappa shape index (κ1) is 11.5. The Morgan fingerprint density at radius 2 is 2.00 bits per heavy atom. The van der Waals surface area contributed by atoms with E-state index in [1.54, 1.807) is 31.2 Å². The lowest BCUT2D eigenvalue weighted by molar-refractivity contribution is 0.583. The van der Waals surface area contributed by atoms with Crippen molar-refractivity contribution in [2.24, 2.45) is 0 Å². The number of hydrogen-bond acceptors (Lipinski definition) is 2. The largest absolute Gasteiger partial charge is 0.240 e. The van der Waals surface area contributed by atoms with Gasteiger partial charge in [-0.3, -0.25) is 0 Å². The molecule has 0 aliphatic rings. The highest BCUT2D eigenvalue weighted by Gasteiger charge is 2.15. The Morgan fingerprint density at radius 1 is 1.36 bits per heavy atom. The zero-order chi connectivity index (χ0) is 10.6. The highest BCUT2D eigenvalue weighted by molar-refractivity contribution is 7.89. The zero-order valence-electron chi connectivity index (χ0n) is 7.83. The highest BCUT2D eigenvalue weighted by Crippen LogP contribution is 2.16. The van der Waals surface area contributed by atoms with Gasteiger partial charge in [-0.1, -0.05) is 25.1 Å². The molecular formula is C9H12ClNO2S. The van der Waals surface area contributed by atoms with Crippen LogP contribution in [0.1, 0.15) is 12.5 Å². The fourth-order valence-electron chi connectivity index (χ4n) is 1.14. The van der Waals surface area contributed by atoms with Crippen molar-refractivity contribution in [1.82, 2.24) is 4.72 Å². The van der Waals surface area contributed by atoms with Gasteiger partial charge in [-0.15, -0.1) is 11.6 Å². The van der Waals surface area contributed by atoms with Crippen molar-refractivity contribution in [2.75, 3.05) is 6.54 Å². The molecule has 1 N–H and O–H groups in total. The SMILES string of the molecule is CCNS(=O)(=O)c1ccccc1CCl. The number of benzene rings is 1. The van der Waals surface area contributed by atoms with Crippen LogP contribution in [0.25, 0.3) is 0 Å². The average molecular weight is 234 g/mol. The zero-order valence-corrected chi connectivity index (χ0v) is 9.40. The molecule has 0 heterocycles. The van der Waals surface area contributed by atoms with Gasteiger partial charge in [-0.25, -0.2) is 13.1 Å². The van der Waals surface area contributed by atoms with E-state index in [4.69, 9.17) is 11.6 Å². The molecule has 0 aliphatic heterocycles. The lowest BCUT2D eigenvalue weighted by Crippen LogP contribution is -2.24. The fourth-order valence-corrected chi connectivity index (χ4v) is 2.74. The van der Waals surface area contributed by atoms with Crippen molar-refractivity contribution in [2.45, 2.75) is 17.7 Å². The number of rotatable bonds is 4. The maximum absolute atomic E-state index is 11.6. The Bertz CT molecular complexity index is 403. The molecule has 0 atom stereocenters. The predicted molar refractivity (Wildman–Crippen MR) is 56.9 cm³/mol. The summed E-state index contributed by atoms with van der Waals surface area (Å²) in [7, 11) is -3.39. The molecule has 0 saturated carbocycles. The number of hydrogen-bond donors (Lipinski definition) is 1. The lowest BCUT2D eigenvalue weighted by atomic mass is 10.2. The highest BCUT2D eigenvalue weighted by atomic mass is 35.5. The standard InChI is InChI=1S/C9H12ClNO2S/c1-2-11-14(12,13)9-6-4-3-5-8(9)7-10/h3-6,11H,2,7H2,1H3. The molecule has 1 rings (SSSR count). The van der Waals surface area contributed by atoms with Crippen LogP contribution in [0, 0.1) is 0 Å². The molecule has 0 fully saturated rings. The van der Waals surface area contributed by atoms with Gasteiger partial charge in [0.05, 0.1) is 4.90 Å². The first-order valence-electron chi connectivity index (χ1n) is 4.25. The van der Waals surface area contributed by atoms with E-state index in [2.05, 4.69) is 4.72 Å². The maximum Gasteiger partial charge on any atom is 0.240 e. The molecule has 0 saturated heterocycles. The van der Waals surface area contributed by atoms with Crippen LogP contribution >= 0.6 is 11.6 Å². The maximum atomic E-state index is 11.6. The molecule has 0 amide bonds. The number of halogens is 1. The van der Waals surface area contributed by atoms with Gasteiger partial charge in [0.15, 0.2) is 0 Å². The molecule has 78 valence electrons. The van der Waals surface area contributed by atoms with Gasteiger partial charge in [0.2, 0.25) is 10.0 Å². The van der Waals surface area contributed by atoms with Crippen LogP contribution in [0.15, 0.2) is 29.2 Å². The molecule has 0 unspecified atom stereocenters. The van der Waals surface area contributed by atoms with E-state index >= 15 is 0 Å². The van der Waals surface area contributed by atoms with Gasteiger partial charge in [0.25, 0.3) is 0 Å². The predicted octanol–water partition coefficient (Wildman–Crippen LogP) is 1.72. The van der Waals surface area contributed by atoms with Crippen LogP contribution in [-0.2, 0) is 15.9 Å². The van der Waals surface area contributed by atoms with E-state index in [1.807, 2.05) is 0 Å². The van der Waals surface area contributed by atoms with Gasteiger partial charge >= 0.3 is 0 Å². The van der Waals surface area contributed by atoms with Crippen LogP contribution < -0.4 is 4.72 Å². The Balaban J connectivity index is 3.18. The third-order valence-corrected chi connectivity index (χ3v) is 3.67. The van der Waals surface area contributed by atoms with Crippen LogP contribution in [0.4, 0.5) is 0 Å². The summed E-state index contributed by atoms with van der Waals surface area (Å²) in [5.74, 6) is 0.195. The number of alkyl halides is 1. The molecule has 0 aromatic heterocycles. The van der Waals surface area contributed by atoms with Crippen LogP contribution in [0.3, 0.4) is 0 Å². The summed E-state index contributed by atoms with van der Waals surface area (Å²) in [5.41, 5.74) is 0.620. The van der Waals surface area contributed by atoms with Gasteiger partial charge in [0.1, 0.15) is 0 Å². The Hall–Kier alpha value is -0.580. The summed E-state index contributed by atoms with van der Waals surface area (Å²) in [4.78, 5) is 0.261. The van der Waals surface area contributed by atoms with Gasteiger partial charge in [-0.2, -0.15) is 0 Å². The van der Waals surface area contributed by atoms with E-state index in [0.29, 0.717) is 12.1 Å². The third-order valence-electron chi connectivity index (χ3n) is 1.74. The second-order valence-electron chi connectivity index (χ2n) is 2.74. The summed E-state index contributed by atoms with van der Waals surface area (Å²) in [6.45, 7) is 2.11. The number of nitrogens with one attached hydrogen (secondary N) is 1. The minimum atomic E-state index is -3.39. The molecular weight excluding hydrogens is 222 g/mol. The Kier molecular flexibility index (Phi) is 3.92. The van der Waals surface area contributed by atoms with Crippen molar-refractivity contribution in [3.05, 3.63) is 29.8 Å². The fraction of sp³-hybridized carbons (Fsp3) is 0.333. The molecule has 3 nitrogen and oxygen atoms in total. The van der Waals surface area contributed by atoms with Crippen LogP contribution in [0.5, 0.6) is 0 Å². The van der Waals surface area contributed by atoms with Crippen molar-refractivity contribution >= 4 is 21.6 Å². The van der Waals surface area contributed by atoms with E-state index in [-0.39, 0.29) is 10.8 Å². The lowest BCUT2D eigenvalue weighted by Gasteiger charge is -2.07. The van der Waals surface area contributed by atoms with E-state index < -0.39 is 10.0 Å². The molecule has 5 heteroatoms. The molecule has 14 heavy (non-hydrogen) atoms. The van der Waals surface area contributed by atoms with Crippen LogP contribution in [-0.4, -0.2) is 15.0 Å². The second-order valence-corrected chi connectivity index (χ2v) is 4.75. The minimum Gasteiger partial charge on any atom is -0.211 e. The molecule has 0 spiro atoms. The van der Waals surface area contributed by atoms with E-state index in [0.717, 1.165) is 0 Å². The van der Waals surface area contributed by atoms with E-state index in [9.17, 15) is 8.42 Å². The van der Waals surface area contributed by atoms with Crippen molar-refractivity contribution in [3.63, 3.8) is 0 Å². The second kappa shape index (κ2) is 4.77. The topological polar surface area (TPSA) is 46.2 Å². The van der Waals surface area contributed by atoms with E-state index in [1.165, 1.54) is 0 Å². The first-order chi connectivity index (χ1) is 6.61. The molecule has 1 aromatic rings. The van der Waals surface area contributed by atoms with Crippen molar-refractivity contribution in [3.8, 4) is 0 Å². The summed E-state index contributed by atoms with van der Waals surface area (Å²) in [6.07, 6.45) is 0. The minimum absolute atomic E-state index is 0.195. The number of sulfonamides is 1. The van der Waals surface area contributed by atoms with Crippen molar-refractivity contribution < 1.29 is 8.42 Å². The summed E-state index contributed by atoms with van der Waals surface area (Å²) >= 11 is 5.65. The summed E-state index contributed by atoms with van der Waals surface area (Å²) in [6, 6.07) is 6.70. The quantitative estimate of drug-likeness (QED) is 0.805. The summed E-state index contributed by atoms with van der Waals surface area (Å²) in [5, 5.41) is 0. The molecule has 0 radical (unpaired) electrons. The third kappa shape index (κ3) is 2.47. The monoisotopic (exact) mass is 233 g/mol. The molecule has 0 bridgehead atoms. The molecule has 1 aromatic carbocycles.